The summed E-state index contributed by atoms with van der Waals surface area (Å²) in [6, 6.07) is 0. The zero-order chi connectivity index (χ0) is 16.5. The zero-order valence-electron chi connectivity index (χ0n) is 15.9. The van der Waals surface area contributed by atoms with Gasteiger partial charge >= 0.3 is 0 Å². The fourth-order valence-corrected chi connectivity index (χ4v) is 2.57. The number of nitrogens with one attached hydrogen (secondary N) is 2. The van der Waals surface area contributed by atoms with Crippen molar-refractivity contribution in [2.75, 3.05) is 26.2 Å². The van der Waals surface area contributed by atoms with E-state index in [1.807, 2.05) is 0 Å². The summed E-state index contributed by atoms with van der Waals surface area (Å²) in [5, 5.41) is 26.1. The average Bonchev–Trinajstić information content (AvgIpc) is 2.50. The Labute approximate surface area is 164 Å². The second kappa shape index (κ2) is 23.5. The Hall–Kier alpha value is 0.540. The monoisotopic (exact) mass is 384 g/mol. The average molecular weight is 385 g/mol. The molecular formula is C18H44N2O2S2. The number of unbranched alkanes of at least 4 members (excludes halogenated alkanes) is 5. The van der Waals surface area contributed by atoms with Crippen LogP contribution in [0.4, 0.5) is 0 Å². The quantitative estimate of drug-likeness (QED) is 0.291. The van der Waals surface area contributed by atoms with E-state index in [4.69, 9.17) is 0 Å². The molecule has 0 saturated carbocycles. The van der Waals surface area contributed by atoms with E-state index in [0.29, 0.717) is 0 Å². The highest BCUT2D eigenvalue weighted by Gasteiger charge is 2.04. The van der Waals surface area contributed by atoms with Crippen molar-refractivity contribution in [3.05, 3.63) is 0 Å². The van der Waals surface area contributed by atoms with E-state index in [1.54, 1.807) is 0 Å². The van der Waals surface area contributed by atoms with Gasteiger partial charge in [0.2, 0.25) is 0 Å². The van der Waals surface area contributed by atoms with Crippen LogP contribution in [0.25, 0.3) is 0 Å². The first-order valence-corrected chi connectivity index (χ1v) is 9.48. The van der Waals surface area contributed by atoms with Crippen molar-refractivity contribution in [1.29, 1.82) is 0 Å². The first-order chi connectivity index (χ1) is 10.7. The molecule has 0 fully saturated rings. The third-order valence-corrected chi connectivity index (χ3v) is 4.07. The van der Waals surface area contributed by atoms with Gasteiger partial charge in [-0.15, -0.1) is 0 Å². The lowest BCUT2D eigenvalue weighted by Crippen LogP contribution is -2.27. The van der Waals surface area contributed by atoms with Crippen molar-refractivity contribution in [2.24, 2.45) is 0 Å². The van der Waals surface area contributed by atoms with E-state index in [-0.39, 0.29) is 39.2 Å². The van der Waals surface area contributed by atoms with Crippen LogP contribution >= 0.6 is 27.0 Å². The normalized spacial score (nSPS) is 13.0. The molecule has 4 nitrogen and oxygen atoms in total. The molecule has 6 heteroatoms. The van der Waals surface area contributed by atoms with Crippen molar-refractivity contribution in [3.8, 4) is 0 Å². The van der Waals surface area contributed by atoms with Crippen molar-refractivity contribution < 1.29 is 10.2 Å². The van der Waals surface area contributed by atoms with Crippen molar-refractivity contribution in [1.82, 2.24) is 10.6 Å². The van der Waals surface area contributed by atoms with E-state index in [1.165, 1.54) is 25.7 Å². The number of rotatable bonds is 17. The smallest absolute Gasteiger partial charge is 0.0664 e. The van der Waals surface area contributed by atoms with E-state index < -0.39 is 0 Å². The van der Waals surface area contributed by atoms with Gasteiger partial charge in [0, 0.05) is 6.54 Å². The molecule has 0 aliphatic heterocycles. The molecule has 0 aromatic rings. The minimum atomic E-state index is -0.182. The molecule has 0 rings (SSSR count). The van der Waals surface area contributed by atoms with Gasteiger partial charge in [0.1, 0.15) is 0 Å². The number of aliphatic hydroxyl groups excluding tert-OH is 2. The van der Waals surface area contributed by atoms with Gasteiger partial charge < -0.3 is 20.8 Å². The van der Waals surface area contributed by atoms with E-state index in [2.05, 4.69) is 24.5 Å². The van der Waals surface area contributed by atoms with Crippen LogP contribution in [-0.2, 0) is 0 Å². The summed E-state index contributed by atoms with van der Waals surface area (Å²) < 4.78 is 0. The van der Waals surface area contributed by atoms with Gasteiger partial charge in [0.25, 0.3) is 0 Å². The minimum Gasteiger partial charge on any atom is -0.393 e. The third kappa shape index (κ3) is 22.5. The molecule has 0 heterocycles. The Bertz CT molecular complexity index is 203. The lowest BCUT2D eigenvalue weighted by atomic mass is 10.1. The van der Waals surface area contributed by atoms with Gasteiger partial charge in [-0.3, -0.25) is 0 Å². The third-order valence-electron chi connectivity index (χ3n) is 4.07. The second-order valence-corrected chi connectivity index (χ2v) is 6.35. The summed E-state index contributed by atoms with van der Waals surface area (Å²) >= 11 is 0. The largest absolute Gasteiger partial charge is 0.393 e. The Balaban J connectivity index is -0.00000220. The Kier molecular flexibility index (Phi) is 28.7. The number of hydrogen-bond acceptors (Lipinski definition) is 4. The molecule has 0 aliphatic carbocycles. The lowest BCUT2D eigenvalue weighted by molar-refractivity contribution is 0.150. The first-order valence-electron chi connectivity index (χ1n) is 9.48. The molecule has 24 heavy (non-hydrogen) atoms. The van der Waals surface area contributed by atoms with Crippen molar-refractivity contribution >= 4 is 27.0 Å². The maximum atomic E-state index is 9.79. The van der Waals surface area contributed by atoms with Gasteiger partial charge in [-0.2, -0.15) is 27.0 Å². The van der Waals surface area contributed by atoms with Gasteiger partial charge in [-0.1, -0.05) is 52.4 Å². The van der Waals surface area contributed by atoms with Crippen molar-refractivity contribution in [3.63, 3.8) is 0 Å². The van der Waals surface area contributed by atoms with Crippen molar-refractivity contribution in [2.45, 2.75) is 90.3 Å². The van der Waals surface area contributed by atoms with Gasteiger partial charge in [0.15, 0.2) is 0 Å². The predicted octanol–water partition coefficient (Wildman–Crippen LogP) is 3.05. The molecule has 0 unspecified atom stereocenters. The summed E-state index contributed by atoms with van der Waals surface area (Å²) in [6.45, 7) is 7.90. The molecular weight excluding hydrogens is 340 g/mol. The SMILES string of the molecule is CCCCC[C@H](O)CNCCCCCC[C@@H](O)CCNCC.S.S. The molecule has 0 bridgehead atoms. The Morgan fingerprint density at radius 1 is 0.667 bits per heavy atom. The van der Waals surface area contributed by atoms with Gasteiger partial charge in [0.05, 0.1) is 12.2 Å². The van der Waals surface area contributed by atoms with Crippen LogP contribution in [0.2, 0.25) is 0 Å². The van der Waals surface area contributed by atoms with Crippen LogP contribution in [0.5, 0.6) is 0 Å². The van der Waals surface area contributed by atoms with E-state index in [0.717, 1.165) is 64.7 Å². The molecule has 2 atom stereocenters. The molecule has 4 N–H and O–H groups in total. The zero-order valence-corrected chi connectivity index (χ0v) is 17.9. The molecule has 0 spiro atoms. The first kappa shape index (κ1) is 29.3. The summed E-state index contributed by atoms with van der Waals surface area (Å²) in [6.07, 6.45) is 10.6. The maximum Gasteiger partial charge on any atom is 0.0664 e. The highest BCUT2D eigenvalue weighted by molar-refractivity contribution is 7.59. The van der Waals surface area contributed by atoms with Gasteiger partial charge in [-0.25, -0.2) is 0 Å². The minimum absolute atomic E-state index is 0. The summed E-state index contributed by atoms with van der Waals surface area (Å²) in [5.41, 5.74) is 0. The van der Waals surface area contributed by atoms with Crippen LogP contribution in [0.15, 0.2) is 0 Å². The lowest BCUT2D eigenvalue weighted by Gasteiger charge is -2.12. The Morgan fingerprint density at radius 2 is 1.29 bits per heavy atom. The van der Waals surface area contributed by atoms with Crippen LogP contribution in [0.1, 0.15) is 78.1 Å². The van der Waals surface area contributed by atoms with Crippen LogP contribution in [0, 0.1) is 0 Å². The van der Waals surface area contributed by atoms with Crippen LogP contribution in [0.3, 0.4) is 0 Å². The summed E-state index contributed by atoms with van der Waals surface area (Å²) in [5.74, 6) is 0. The number of hydrogen-bond donors (Lipinski definition) is 4. The van der Waals surface area contributed by atoms with E-state index in [9.17, 15) is 10.2 Å². The fraction of sp³-hybridized carbons (Fsp3) is 1.00. The molecule has 0 saturated heterocycles. The van der Waals surface area contributed by atoms with Gasteiger partial charge in [-0.05, 0) is 45.3 Å². The maximum absolute atomic E-state index is 9.79. The standard InChI is InChI=1S/C18H40N2O2.2H2S/c1-3-5-8-12-18(22)16-20-14-10-7-6-9-11-17(21)13-15-19-4-2;;/h17-22H,3-16H2,1-2H3;2*1H2/t17-,18+;;/m1../s1. The van der Waals surface area contributed by atoms with Crippen LogP contribution in [-0.4, -0.2) is 48.6 Å². The second-order valence-electron chi connectivity index (χ2n) is 6.35. The fourth-order valence-electron chi connectivity index (χ4n) is 2.57. The number of aliphatic hydroxyl groups is 2. The molecule has 0 aromatic heterocycles. The topological polar surface area (TPSA) is 64.5 Å². The summed E-state index contributed by atoms with van der Waals surface area (Å²) in [4.78, 5) is 0. The predicted molar refractivity (Wildman–Crippen MR) is 116 cm³/mol. The highest BCUT2D eigenvalue weighted by atomic mass is 32.1. The molecule has 0 amide bonds. The molecule has 0 radical (unpaired) electrons. The Morgan fingerprint density at radius 3 is 1.96 bits per heavy atom. The molecule has 0 aromatic carbocycles. The van der Waals surface area contributed by atoms with Crippen LogP contribution < -0.4 is 10.6 Å². The highest BCUT2D eigenvalue weighted by Crippen LogP contribution is 2.07. The van der Waals surface area contributed by atoms with E-state index >= 15 is 0 Å². The molecule has 150 valence electrons. The molecule has 0 aliphatic rings. The summed E-state index contributed by atoms with van der Waals surface area (Å²) in [7, 11) is 0.